The molecule has 0 heterocycles. The molecular weight excluding hydrogens is 198 g/mol. The highest BCUT2D eigenvalue weighted by atomic mass is 16.4. The van der Waals surface area contributed by atoms with Crippen molar-refractivity contribution in [1.29, 1.82) is 0 Å². The lowest BCUT2D eigenvalue weighted by atomic mass is 10.0. The van der Waals surface area contributed by atoms with Crippen LogP contribution in [0.4, 0.5) is 5.69 Å². The Morgan fingerprint density at radius 3 is 2.67 bits per heavy atom. The second kappa shape index (κ2) is 4.77. The summed E-state index contributed by atoms with van der Waals surface area (Å²) in [5.74, 6) is -1.10. The number of aliphatic hydroxyl groups excluding tert-OH is 2. The summed E-state index contributed by atoms with van der Waals surface area (Å²) < 4.78 is 0. The first-order valence-corrected chi connectivity index (χ1v) is 4.45. The Morgan fingerprint density at radius 1 is 1.47 bits per heavy atom. The number of carboxylic acids is 1. The number of benzene rings is 1. The fraction of sp³-hybridized carbons (Fsp3) is 0.300. The molecule has 0 fully saturated rings. The van der Waals surface area contributed by atoms with Crippen LogP contribution in [0.5, 0.6) is 0 Å². The van der Waals surface area contributed by atoms with Gasteiger partial charge in [0.15, 0.2) is 0 Å². The van der Waals surface area contributed by atoms with Crippen LogP contribution in [0.3, 0.4) is 0 Å². The van der Waals surface area contributed by atoms with Crippen molar-refractivity contribution in [3.63, 3.8) is 0 Å². The maximum Gasteiger partial charge on any atom is 0.337 e. The topological polar surface area (TPSA) is 104 Å². The van der Waals surface area contributed by atoms with Crippen molar-refractivity contribution in [2.24, 2.45) is 0 Å². The van der Waals surface area contributed by atoms with Crippen LogP contribution in [0.15, 0.2) is 18.2 Å². The van der Waals surface area contributed by atoms with Crippen LogP contribution in [-0.4, -0.2) is 34.0 Å². The van der Waals surface area contributed by atoms with Gasteiger partial charge in [-0.05, 0) is 11.6 Å². The van der Waals surface area contributed by atoms with Gasteiger partial charge in [0.25, 0.3) is 0 Å². The number of carbonyl (C=O) groups is 1. The standard InChI is InChI=1S/C10H13NO4/c11-9-6(4-7(13)5-12)2-1-3-8(9)10(14)15/h1-3,7,12-13H,4-5,11H2,(H,14,15). The largest absolute Gasteiger partial charge is 0.478 e. The van der Waals surface area contributed by atoms with Crippen molar-refractivity contribution in [2.45, 2.75) is 12.5 Å². The van der Waals surface area contributed by atoms with Gasteiger partial charge in [-0.2, -0.15) is 0 Å². The molecule has 0 amide bonds. The third kappa shape index (κ3) is 2.68. The molecule has 0 spiro atoms. The minimum atomic E-state index is -1.10. The van der Waals surface area contributed by atoms with E-state index >= 15 is 0 Å². The van der Waals surface area contributed by atoms with Gasteiger partial charge in [0.05, 0.1) is 18.3 Å². The molecule has 1 rings (SSSR count). The number of rotatable bonds is 4. The number of hydrogen-bond donors (Lipinski definition) is 4. The van der Waals surface area contributed by atoms with E-state index in [1.54, 1.807) is 12.1 Å². The van der Waals surface area contributed by atoms with Gasteiger partial charge in [-0.1, -0.05) is 12.1 Å². The lowest BCUT2D eigenvalue weighted by Gasteiger charge is -2.11. The molecule has 5 N–H and O–H groups in total. The first-order valence-electron chi connectivity index (χ1n) is 4.45. The van der Waals surface area contributed by atoms with Crippen LogP contribution in [-0.2, 0) is 6.42 Å². The highest BCUT2D eigenvalue weighted by molar-refractivity contribution is 5.94. The summed E-state index contributed by atoms with van der Waals surface area (Å²) in [4.78, 5) is 10.7. The molecular formula is C10H13NO4. The fourth-order valence-corrected chi connectivity index (χ4v) is 1.30. The first-order chi connectivity index (χ1) is 7.06. The van der Waals surface area contributed by atoms with Crippen molar-refractivity contribution in [1.82, 2.24) is 0 Å². The van der Waals surface area contributed by atoms with Crippen LogP contribution in [0, 0.1) is 0 Å². The predicted molar refractivity (Wildman–Crippen MR) is 54.6 cm³/mol. The number of para-hydroxylation sites is 1. The number of aromatic carboxylic acids is 1. The van der Waals surface area contributed by atoms with Crippen molar-refractivity contribution >= 4 is 11.7 Å². The van der Waals surface area contributed by atoms with Gasteiger partial charge in [-0.3, -0.25) is 0 Å². The van der Waals surface area contributed by atoms with E-state index in [1.165, 1.54) is 6.07 Å². The maximum absolute atomic E-state index is 10.7. The summed E-state index contributed by atoms with van der Waals surface area (Å²) in [6.07, 6.45) is -0.778. The normalized spacial score (nSPS) is 12.4. The van der Waals surface area contributed by atoms with Gasteiger partial charge in [0.1, 0.15) is 0 Å². The zero-order valence-electron chi connectivity index (χ0n) is 8.05. The molecule has 82 valence electrons. The third-order valence-corrected chi connectivity index (χ3v) is 2.09. The molecule has 0 aromatic heterocycles. The Balaban J connectivity index is 2.99. The lowest BCUT2D eigenvalue weighted by Crippen LogP contribution is -2.17. The summed E-state index contributed by atoms with van der Waals surface area (Å²) in [5, 5.41) is 26.7. The van der Waals surface area contributed by atoms with E-state index in [0.29, 0.717) is 5.56 Å². The van der Waals surface area contributed by atoms with E-state index in [4.69, 9.17) is 15.9 Å². The maximum atomic E-state index is 10.7. The number of aliphatic hydroxyl groups is 2. The molecule has 0 aliphatic heterocycles. The van der Waals surface area contributed by atoms with E-state index in [0.717, 1.165) is 0 Å². The van der Waals surface area contributed by atoms with Crippen molar-refractivity contribution in [3.05, 3.63) is 29.3 Å². The average Bonchev–Trinajstić information content (AvgIpc) is 2.20. The Labute approximate surface area is 86.8 Å². The molecule has 0 saturated heterocycles. The Hall–Kier alpha value is -1.59. The molecule has 1 aromatic rings. The fourth-order valence-electron chi connectivity index (χ4n) is 1.30. The van der Waals surface area contributed by atoms with Crippen molar-refractivity contribution < 1.29 is 20.1 Å². The van der Waals surface area contributed by atoms with Crippen LogP contribution >= 0.6 is 0 Å². The van der Waals surface area contributed by atoms with Gasteiger partial charge < -0.3 is 21.1 Å². The molecule has 1 aromatic carbocycles. The summed E-state index contributed by atoms with van der Waals surface area (Å²) in [5.41, 5.74) is 6.29. The summed E-state index contributed by atoms with van der Waals surface area (Å²) in [6.45, 7) is -0.378. The summed E-state index contributed by atoms with van der Waals surface area (Å²) in [6, 6.07) is 4.58. The Kier molecular flexibility index (Phi) is 3.65. The second-order valence-corrected chi connectivity index (χ2v) is 3.22. The lowest BCUT2D eigenvalue weighted by molar-refractivity contribution is 0.0697. The number of carboxylic acid groups (broad SMARTS) is 1. The minimum absolute atomic E-state index is 0.0117. The van der Waals surface area contributed by atoms with Crippen LogP contribution in [0.25, 0.3) is 0 Å². The monoisotopic (exact) mass is 211 g/mol. The summed E-state index contributed by atoms with van der Waals surface area (Å²) >= 11 is 0. The van der Waals surface area contributed by atoms with Gasteiger partial charge in [-0.25, -0.2) is 4.79 Å². The van der Waals surface area contributed by atoms with E-state index in [-0.39, 0.29) is 24.3 Å². The van der Waals surface area contributed by atoms with E-state index < -0.39 is 12.1 Å². The van der Waals surface area contributed by atoms with E-state index in [2.05, 4.69) is 0 Å². The minimum Gasteiger partial charge on any atom is -0.478 e. The number of hydrogen-bond acceptors (Lipinski definition) is 4. The van der Waals surface area contributed by atoms with Gasteiger partial charge in [0.2, 0.25) is 0 Å². The van der Waals surface area contributed by atoms with Gasteiger partial charge in [0, 0.05) is 12.1 Å². The number of anilines is 1. The average molecular weight is 211 g/mol. The predicted octanol–water partition coefficient (Wildman–Crippen LogP) is -0.137. The highest BCUT2D eigenvalue weighted by Crippen LogP contribution is 2.19. The quantitative estimate of drug-likeness (QED) is 0.519. The van der Waals surface area contributed by atoms with E-state index in [9.17, 15) is 9.90 Å². The summed E-state index contributed by atoms with van der Waals surface area (Å²) in [7, 11) is 0. The van der Waals surface area contributed by atoms with Crippen molar-refractivity contribution in [2.75, 3.05) is 12.3 Å². The molecule has 0 bridgehead atoms. The van der Waals surface area contributed by atoms with Crippen LogP contribution in [0.2, 0.25) is 0 Å². The van der Waals surface area contributed by atoms with Crippen LogP contribution < -0.4 is 5.73 Å². The molecule has 0 radical (unpaired) electrons. The van der Waals surface area contributed by atoms with Gasteiger partial charge in [-0.15, -0.1) is 0 Å². The second-order valence-electron chi connectivity index (χ2n) is 3.22. The van der Waals surface area contributed by atoms with Crippen molar-refractivity contribution in [3.8, 4) is 0 Å². The third-order valence-electron chi connectivity index (χ3n) is 2.09. The molecule has 0 aliphatic carbocycles. The van der Waals surface area contributed by atoms with Gasteiger partial charge >= 0.3 is 5.97 Å². The molecule has 5 nitrogen and oxygen atoms in total. The molecule has 5 heteroatoms. The Morgan fingerprint density at radius 2 is 2.13 bits per heavy atom. The molecule has 1 unspecified atom stereocenters. The SMILES string of the molecule is Nc1c(CC(O)CO)cccc1C(=O)O. The highest BCUT2D eigenvalue weighted by Gasteiger charge is 2.13. The molecule has 0 aliphatic rings. The zero-order valence-corrected chi connectivity index (χ0v) is 8.05. The smallest absolute Gasteiger partial charge is 0.337 e. The number of nitrogens with two attached hydrogens (primary N) is 1. The van der Waals surface area contributed by atoms with E-state index in [1.807, 2.05) is 0 Å². The molecule has 15 heavy (non-hydrogen) atoms. The Bertz CT molecular complexity index is 364. The molecule has 0 saturated carbocycles. The first kappa shape index (κ1) is 11.5. The van der Waals surface area contributed by atoms with Crippen LogP contribution in [0.1, 0.15) is 15.9 Å². The zero-order chi connectivity index (χ0) is 11.4. The molecule has 1 atom stereocenters. The number of nitrogen functional groups attached to an aromatic ring is 1.